The molecule has 27 heavy (non-hydrogen) atoms. The minimum atomic E-state index is 0.536. The summed E-state index contributed by atoms with van der Waals surface area (Å²) < 4.78 is 0. The van der Waals surface area contributed by atoms with Gasteiger partial charge in [0.05, 0.1) is 29.4 Å². The van der Waals surface area contributed by atoms with E-state index in [1.165, 1.54) is 0 Å². The predicted molar refractivity (Wildman–Crippen MR) is 109 cm³/mol. The van der Waals surface area contributed by atoms with Crippen LogP contribution < -0.4 is 10.6 Å². The van der Waals surface area contributed by atoms with E-state index < -0.39 is 0 Å². The highest BCUT2D eigenvalue weighted by molar-refractivity contribution is 7.13. The highest BCUT2D eigenvalue weighted by Crippen LogP contribution is 2.25. The first-order chi connectivity index (χ1) is 13.3. The third-order valence-electron chi connectivity index (χ3n) is 4.08. The summed E-state index contributed by atoms with van der Waals surface area (Å²) in [7, 11) is 1.85. The molecule has 7 heteroatoms. The largest absolute Gasteiger partial charge is 0.372 e. The summed E-state index contributed by atoms with van der Waals surface area (Å²) in [6.07, 6.45) is 0. The minimum Gasteiger partial charge on any atom is -0.372 e. The number of nitriles is 1. The van der Waals surface area contributed by atoms with E-state index in [9.17, 15) is 0 Å². The first-order valence-corrected chi connectivity index (χ1v) is 9.28. The van der Waals surface area contributed by atoms with Gasteiger partial charge in [0.2, 0.25) is 5.95 Å². The van der Waals surface area contributed by atoms with Gasteiger partial charge in [0.25, 0.3) is 0 Å². The molecule has 2 aromatic carbocycles. The van der Waals surface area contributed by atoms with Gasteiger partial charge in [0.15, 0.2) is 0 Å². The first-order valence-electron chi connectivity index (χ1n) is 8.40. The molecule has 0 bridgehead atoms. The van der Waals surface area contributed by atoms with Crippen molar-refractivity contribution in [2.24, 2.45) is 0 Å². The Morgan fingerprint density at radius 1 is 1.04 bits per heavy atom. The molecule has 0 amide bonds. The smallest absolute Gasteiger partial charge is 0.225 e. The Kier molecular flexibility index (Phi) is 4.64. The number of anilines is 2. The zero-order valence-corrected chi connectivity index (χ0v) is 15.4. The normalized spacial score (nSPS) is 10.5. The molecule has 132 valence electrons. The van der Waals surface area contributed by atoms with Gasteiger partial charge in [-0.05, 0) is 24.3 Å². The van der Waals surface area contributed by atoms with Crippen LogP contribution in [0.2, 0.25) is 0 Å². The molecular weight excluding hydrogens is 356 g/mol. The lowest BCUT2D eigenvalue weighted by Crippen LogP contribution is -2.06. The third-order valence-corrected chi connectivity index (χ3v) is 5.02. The topological polar surface area (TPSA) is 86.5 Å². The average molecular weight is 372 g/mol. The predicted octanol–water partition coefficient (Wildman–Crippen LogP) is 4.28. The maximum atomic E-state index is 8.90. The molecular formula is C20H16N6S. The summed E-state index contributed by atoms with van der Waals surface area (Å²) >= 11 is 1.57. The van der Waals surface area contributed by atoms with Gasteiger partial charge in [-0.2, -0.15) is 10.2 Å². The molecule has 2 N–H and O–H groups in total. The summed E-state index contributed by atoms with van der Waals surface area (Å²) in [6.45, 7) is 0.536. The van der Waals surface area contributed by atoms with Crippen LogP contribution in [0, 0.1) is 11.3 Å². The second kappa shape index (κ2) is 7.40. The van der Waals surface area contributed by atoms with Crippen molar-refractivity contribution in [3.05, 3.63) is 65.2 Å². The number of nitrogens with one attached hydrogen (secondary N) is 2. The lowest BCUT2D eigenvalue weighted by Gasteiger charge is -2.08. The maximum Gasteiger partial charge on any atom is 0.225 e. The van der Waals surface area contributed by atoms with Crippen molar-refractivity contribution in [1.82, 2.24) is 15.0 Å². The van der Waals surface area contributed by atoms with E-state index >= 15 is 0 Å². The summed E-state index contributed by atoms with van der Waals surface area (Å²) in [4.78, 5) is 13.8. The van der Waals surface area contributed by atoms with Gasteiger partial charge in [-0.15, -0.1) is 11.3 Å². The van der Waals surface area contributed by atoms with Crippen molar-refractivity contribution < 1.29 is 0 Å². The minimum absolute atomic E-state index is 0.536. The zero-order valence-electron chi connectivity index (χ0n) is 14.6. The van der Waals surface area contributed by atoms with Crippen molar-refractivity contribution in [3.8, 4) is 16.6 Å². The van der Waals surface area contributed by atoms with Crippen LogP contribution in [-0.4, -0.2) is 22.0 Å². The number of thiazole rings is 1. The summed E-state index contributed by atoms with van der Waals surface area (Å²) in [5, 5.41) is 19.2. The molecule has 2 aromatic heterocycles. The van der Waals surface area contributed by atoms with E-state index in [0.29, 0.717) is 18.1 Å². The Labute approximate surface area is 160 Å². The van der Waals surface area contributed by atoms with Crippen LogP contribution in [0.1, 0.15) is 11.3 Å². The van der Waals surface area contributed by atoms with Crippen LogP contribution in [0.5, 0.6) is 0 Å². The quantitative estimate of drug-likeness (QED) is 0.544. The maximum absolute atomic E-state index is 8.90. The number of para-hydroxylation sites is 1. The van der Waals surface area contributed by atoms with Gasteiger partial charge < -0.3 is 10.6 Å². The Morgan fingerprint density at radius 3 is 2.63 bits per heavy atom. The molecule has 4 aromatic rings. The van der Waals surface area contributed by atoms with Gasteiger partial charge >= 0.3 is 0 Å². The Bertz CT molecular complexity index is 1130. The number of fused-ring (bicyclic) bond motifs is 1. The second-order valence-electron chi connectivity index (χ2n) is 5.85. The second-order valence-corrected chi connectivity index (χ2v) is 6.71. The molecule has 0 radical (unpaired) electrons. The Balaban J connectivity index is 1.51. The van der Waals surface area contributed by atoms with Crippen molar-refractivity contribution in [2.45, 2.75) is 6.54 Å². The summed E-state index contributed by atoms with van der Waals surface area (Å²) in [6, 6.07) is 17.5. The van der Waals surface area contributed by atoms with Crippen molar-refractivity contribution in [1.29, 1.82) is 5.26 Å². The number of nitrogens with zero attached hydrogens (tertiary/aromatic N) is 4. The first kappa shape index (κ1) is 16.9. The van der Waals surface area contributed by atoms with Gasteiger partial charge in [-0.3, -0.25) is 0 Å². The summed E-state index contributed by atoms with van der Waals surface area (Å²) in [5.74, 6) is 1.35. The number of rotatable bonds is 5. The van der Waals surface area contributed by atoms with Crippen LogP contribution in [0.4, 0.5) is 11.8 Å². The molecule has 0 aliphatic carbocycles. The van der Waals surface area contributed by atoms with Crippen LogP contribution >= 0.6 is 11.3 Å². The molecule has 0 saturated heterocycles. The van der Waals surface area contributed by atoms with E-state index in [2.05, 4.69) is 31.7 Å². The molecule has 6 nitrogen and oxygen atoms in total. The third kappa shape index (κ3) is 3.57. The van der Waals surface area contributed by atoms with E-state index in [1.54, 1.807) is 23.5 Å². The van der Waals surface area contributed by atoms with E-state index in [1.807, 2.05) is 48.8 Å². The fourth-order valence-corrected chi connectivity index (χ4v) is 3.55. The molecule has 0 spiro atoms. The highest BCUT2D eigenvalue weighted by atomic mass is 32.1. The Hall–Kier alpha value is -3.50. The molecule has 0 aliphatic heterocycles. The number of hydrogen-bond acceptors (Lipinski definition) is 7. The number of benzene rings is 2. The van der Waals surface area contributed by atoms with Gasteiger partial charge in [-0.25, -0.2) is 9.97 Å². The van der Waals surface area contributed by atoms with Crippen LogP contribution in [0.3, 0.4) is 0 Å². The molecule has 2 heterocycles. The van der Waals surface area contributed by atoms with Crippen LogP contribution in [0.15, 0.2) is 53.9 Å². The summed E-state index contributed by atoms with van der Waals surface area (Å²) in [5.41, 5.74) is 3.45. The number of aromatic nitrogens is 3. The van der Waals surface area contributed by atoms with E-state index in [-0.39, 0.29) is 0 Å². The standard InChI is InChI=1S/C20H16N6S/c1-22-18-16-4-2-3-5-17(16)25-20(26-18)23-11-15-12-27-19(24-15)14-8-6-13(10-21)7-9-14/h2-9,12H,11H2,1H3,(H2,22,23,25,26). The molecule has 0 aliphatic rings. The molecule has 0 fully saturated rings. The fraction of sp³-hybridized carbons (Fsp3) is 0.100. The van der Waals surface area contributed by atoms with Crippen molar-refractivity contribution in [3.63, 3.8) is 0 Å². The molecule has 0 atom stereocenters. The highest BCUT2D eigenvalue weighted by Gasteiger charge is 2.08. The monoisotopic (exact) mass is 372 g/mol. The number of hydrogen-bond donors (Lipinski definition) is 2. The van der Waals surface area contributed by atoms with Gasteiger partial charge in [0, 0.05) is 23.4 Å². The van der Waals surface area contributed by atoms with Crippen LogP contribution in [0.25, 0.3) is 21.5 Å². The lowest BCUT2D eigenvalue weighted by molar-refractivity contribution is 1.03. The zero-order chi connectivity index (χ0) is 18.6. The van der Waals surface area contributed by atoms with Crippen molar-refractivity contribution >= 4 is 34.0 Å². The fourth-order valence-electron chi connectivity index (χ4n) is 2.72. The van der Waals surface area contributed by atoms with E-state index in [4.69, 9.17) is 5.26 Å². The van der Waals surface area contributed by atoms with Gasteiger partial charge in [-0.1, -0.05) is 24.3 Å². The molecule has 0 saturated carbocycles. The molecule has 4 rings (SSSR count). The SMILES string of the molecule is CNc1nc(NCc2csc(-c3ccc(C#N)cc3)n2)nc2ccccc12. The van der Waals surface area contributed by atoms with Gasteiger partial charge in [0.1, 0.15) is 10.8 Å². The van der Waals surface area contributed by atoms with E-state index in [0.717, 1.165) is 33.0 Å². The van der Waals surface area contributed by atoms with Crippen molar-refractivity contribution in [2.75, 3.05) is 17.7 Å². The van der Waals surface area contributed by atoms with Crippen LogP contribution in [-0.2, 0) is 6.54 Å². The lowest BCUT2D eigenvalue weighted by atomic mass is 10.1. The molecule has 0 unspecified atom stereocenters. The Morgan fingerprint density at radius 2 is 1.85 bits per heavy atom. The average Bonchev–Trinajstić information content (AvgIpc) is 3.20.